The third-order valence-electron chi connectivity index (χ3n) is 2.38. The van der Waals surface area contributed by atoms with E-state index in [1.165, 1.54) is 29.7 Å². The van der Waals surface area contributed by atoms with Gasteiger partial charge >= 0.3 is 0 Å². The second kappa shape index (κ2) is 3.10. The maximum atomic E-state index is 4.39. The Labute approximate surface area is 73.1 Å². The van der Waals surface area contributed by atoms with Crippen molar-refractivity contribution in [1.29, 1.82) is 0 Å². The highest BCUT2D eigenvalue weighted by atomic mass is 14.7. The topological polar surface area (TPSA) is 12.9 Å². The molecule has 0 radical (unpaired) electrons. The molecule has 0 aliphatic heterocycles. The summed E-state index contributed by atoms with van der Waals surface area (Å²) in [5.41, 5.74) is 3.99. The van der Waals surface area contributed by atoms with E-state index in [-0.39, 0.29) is 0 Å². The zero-order chi connectivity index (χ0) is 8.39. The Balaban J connectivity index is 2.51. The third-order valence-corrected chi connectivity index (χ3v) is 2.38. The molecule has 1 heteroatoms. The Kier molecular flexibility index (Phi) is 1.94. The fourth-order valence-electron chi connectivity index (χ4n) is 1.69. The summed E-state index contributed by atoms with van der Waals surface area (Å²) in [6.07, 6.45) is 7.76. The predicted molar refractivity (Wildman–Crippen MR) is 50.8 cm³/mol. The molecular weight excluding hydrogens is 146 g/mol. The van der Waals surface area contributed by atoms with Crippen LogP contribution >= 0.6 is 0 Å². The van der Waals surface area contributed by atoms with E-state index in [1.807, 2.05) is 12.3 Å². The number of hydrogen-bond donors (Lipinski definition) is 0. The lowest BCUT2D eigenvalue weighted by Gasteiger charge is -2.03. The number of aryl methyl sites for hydroxylation is 1. The molecule has 1 aliphatic rings. The minimum Gasteiger partial charge on any atom is -0.261 e. The molecule has 1 aliphatic carbocycles. The van der Waals surface area contributed by atoms with E-state index in [2.05, 4.69) is 24.1 Å². The Morgan fingerprint density at radius 3 is 3.25 bits per heavy atom. The summed E-state index contributed by atoms with van der Waals surface area (Å²) in [6, 6.07) is 4.18. The van der Waals surface area contributed by atoms with E-state index in [9.17, 15) is 0 Å². The van der Waals surface area contributed by atoms with Crippen LogP contribution in [0.2, 0.25) is 0 Å². The highest BCUT2D eigenvalue weighted by Crippen LogP contribution is 2.22. The van der Waals surface area contributed by atoms with Crippen molar-refractivity contribution in [2.75, 3.05) is 0 Å². The van der Waals surface area contributed by atoms with E-state index in [4.69, 9.17) is 0 Å². The number of hydrogen-bond acceptors (Lipinski definition) is 1. The van der Waals surface area contributed by atoms with Crippen molar-refractivity contribution in [3.8, 4) is 0 Å². The molecule has 1 nitrogen and oxygen atoms in total. The molecule has 0 saturated carbocycles. The Morgan fingerprint density at radius 2 is 2.33 bits per heavy atom. The SMILES string of the molecule is CC1=CCCCc2ncccc21. The molecule has 0 saturated heterocycles. The minimum absolute atomic E-state index is 1.13. The number of allylic oxidation sites excluding steroid dienone is 2. The van der Waals surface area contributed by atoms with Gasteiger partial charge in [-0.15, -0.1) is 0 Å². The largest absolute Gasteiger partial charge is 0.261 e. The molecule has 2 rings (SSSR count). The molecule has 0 aromatic carbocycles. The zero-order valence-corrected chi connectivity index (χ0v) is 7.38. The van der Waals surface area contributed by atoms with Gasteiger partial charge in [-0.25, -0.2) is 0 Å². The molecule has 1 heterocycles. The fraction of sp³-hybridized carbons (Fsp3) is 0.364. The molecule has 0 spiro atoms. The minimum atomic E-state index is 1.13. The van der Waals surface area contributed by atoms with E-state index >= 15 is 0 Å². The summed E-state index contributed by atoms with van der Waals surface area (Å²) < 4.78 is 0. The zero-order valence-electron chi connectivity index (χ0n) is 7.38. The summed E-state index contributed by atoms with van der Waals surface area (Å²) in [5.74, 6) is 0. The standard InChI is InChI=1S/C11H13N/c1-9-5-2-3-7-11-10(9)6-4-8-12-11/h4-6,8H,2-3,7H2,1H3. The molecule has 0 fully saturated rings. The van der Waals surface area contributed by atoms with Crippen LogP contribution in [0.15, 0.2) is 24.4 Å². The van der Waals surface area contributed by atoms with Crippen molar-refractivity contribution in [2.24, 2.45) is 0 Å². The number of aromatic nitrogens is 1. The second-order valence-corrected chi connectivity index (χ2v) is 3.28. The Morgan fingerprint density at radius 1 is 1.42 bits per heavy atom. The normalized spacial score (nSPS) is 16.2. The van der Waals surface area contributed by atoms with Gasteiger partial charge in [0.15, 0.2) is 0 Å². The number of nitrogens with zero attached hydrogens (tertiary/aromatic N) is 1. The van der Waals surface area contributed by atoms with Crippen LogP contribution in [-0.2, 0) is 6.42 Å². The van der Waals surface area contributed by atoms with E-state index in [0.717, 1.165) is 6.42 Å². The quantitative estimate of drug-likeness (QED) is 0.567. The first kappa shape index (κ1) is 7.53. The first-order valence-corrected chi connectivity index (χ1v) is 4.49. The highest BCUT2D eigenvalue weighted by molar-refractivity contribution is 5.65. The summed E-state index contributed by atoms with van der Waals surface area (Å²) in [4.78, 5) is 4.39. The van der Waals surface area contributed by atoms with Crippen LogP contribution in [0.3, 0.4) is 0 Å². The maximum Gasteiger partial charge on any atom is 0.0478 e. The molecule has 1 aromatic rings. The van der Waals surface area contributed by atoms with Crippen molar-refractivity contribution in [3.05, 3.63) is 35.7 Å². The van der Waals surface area contributed by atoms with Gasteiger partial charge in [0.2, 0.25) is 0 Å². The lowest BCUT2D eigenvalue weighted by atomic mass is 10.1. The molecule has 0 bridgehead atoms. The summed E-state index contributed by atoms with van der Waals surface area (Å²) in [7, 11) is 0. The van der Waals surface area contributed by atoms with Crippen LogP contribution in [0.5, 0.6) is 0 Å². The van der Waals surface area contributed by atoms with Crippen molar-refractivity contribution in [2.45, 2.75) is 26.2 Å². The fourth-order valence-corrected chi connectivity index (χ4v) is 1.69. The first-order valence-electron chi connectivity index (χ1n) is 4.49. The van der Waals surface area contributed by atoms with Crippen LogP contribution in [0.25, 0.3) is 5.57 Å². The average molecular weight is 159 g/mol. The Bertz CT molecular complexity index is 313. The summed E-state index contributed by atoms with van der Waals surface area (Å²) in [6.45, 7) is 2.17. The van der Waals surface area contributed by atoms with Crippen LogP contribution < -0.4 is 0 Å². The lowest BCUT2D eigenvalue weighted by Crippen LogP contribution is -1.92. The van der Waals surface area contributed by atoms with Gasteiger partial charge < -0.3 is 0 Å². The van der Waals surface area contributed by atoms with Crippen molar-refractivity contribution in [1.82, 2.24) is 4.98 Å². The summed E-state index contributed by atoms with van der Waals surface area (Å²) in [5, 5.41) is 0. The van der Waals surface area contributed by atoms with Crippen LogP contribution in [0, 0.1) is 0 Å². The van der Waals surface area contributed by atoms with Gasteiger partial charge in [-0.2, -0.15) is 0 Å². The van der Waals surface area contributed by atoms with Gasteiger partial charge in [0.25, 0.3) is 0 Å². The van der Waals surface area contributed by atoms with E-state index < -0.39 is 0 Å². The average Bonchev–Trinajstić information content (AvgIpc) is 2.29. The number of pyridine rings is 1. The Hall–Kier alpha value is -1.11. The predicted octanol–water partition coefficient (Wildman–Crippen LogP) is 2.82. The maximum absolute atomic E-state index is 4.39. The molecule has 0 N–H and O–H groups in total. The van der Waals surface area contributed by atoms with Crippen molar-refractivity contribution in [3.63, 3.8) is 0 Å². The first-order chi connectivity index (χ1) is 5.88. The van der Waals surface area contributed by atoms with Gasteiger partial charge in [-0.05, 0) is 43.4 Å². The monoisotopic (exact) mass is 159 g/mol. The van der Waals surface area contributed by atoms with Crippen LogP contribution in [0.1, 0.15) is 31.0 Å². The summed E-state index contributed by atoms with van der Waals surface area (Å²) >= 11 is 0. The van der Waals surface area contributed by atoms with Gasteiger partial charge in [-0.1, -0.05) is 12.1 Å². The van der Waals surface area contributed by atoms with Crippen LogP contribution in [-0.4, -0.2) is 4.98 Å². The van der Waals surface area contributed by atoms with Gasteiger partial charge in [0.05, 0.1) is 0 Å². The lowest BCUT2D eigenvalue weighted by molar-refractivity contribution is 0.826. The number of rotatable bonds is 0. The smallest absolute Gasteiger partial charge is 0.0478 e. The van der Waals surface area contributed by atoms with E-state index in [0.29, 0.717) is 0 Å². The molecule has 12 heavy (non-hydrogen) atoms. The molecular formula is C11H13N. The van der Waals surface area contributed by atoms with Crippen LogP contribution in [0.4, 0.5) is 0 Å². The molecule has 0 amide bonds. The van der Waals surface area contributed by atoms with E-state index in [1.54, 1.807) is 0 Å². The highest BCUT2D eigenvalue weighted by Gasteiger charge is 2.07. The second-order valence-electron chi connectivity index (χ2n) is 3.28. The van der Waals surface area contributed by atoms with Gasteiger partial charge in [0.1, 0.15) is 0 Å². The van der Waals surface area contributed by atoms with Gasteiger partial charge in [-0.3, -0.25) is 4.98 Å². The van der Waals surface area contributed by atoms with Crippen molar-refractivity contribution < 1.29 is 0 Å². The van der Waals surface area contributed by atoms with Gasteiger partial charge in [0, 0.05) is 11.9 Å². The molecule has 0 atom stereocenters. The molecule has 62 valence electrons. The number of fused-ring (bicyclic) bond motifs is 1. The molecule has 0 unspecified atom stereocenters. The third kappa shape index (κ3) is 1.27. The van der Waals surface area contributed by atoms with Crippen molar-refractivity contribution >= 4 is 5.57 Å². The molecule has 1 aromatic heterocycles.